The minimum atomic E-state index is -0.375. The molecule has 0 saturated heterocycles. The van der Waals surface area contributed by atoms with Gasteiger partial charge >= 0.3 is 0 Å². The van der Waals surface area contributed by atoms with Crippen molar-refractivity contribution in [1.82, 2.24) is 15.3 Å². The maximum Gasteiger partial charge on any atom is 0.187 e. The second-order valence-corrected chi connectivity index (χ2v) is 6.55. The zero-order valence-corrected chi connectivity index (χ0v) is 11.9. The van der Waals surface area contributed by atoms with Gasteiger partial charge in [0.1, 0.15) is 5.54 Å². The van der Waals surface area contributed by atoms with Crippen LogP contribution in [-0.2, 0) is 0 Å². The average Bonchev–Trinajstić information content (AvgIpc) is 3.28. The number of nitrogens with zero attached hydrogens (tertiary/aromatic N) is 3. The number of nitriles is 1. The highest BCUT2D eigenvalue weighted by Gasteiger charge is 2.48. The molecule has 0 aromatic carbocycles. The van der Waals surface area contributed by atoms with E-state index in [4.69, 9.17) is 0 Å². The molecule has 1 heterocycles. The first-order valence-electron chi connectivity index (χ1n) is 6.82. The van der Waals surface area contributed by atoms with E-state index in [1.165, 1.54) is 25.7 Å². The minimum absolute atomic E-state index is 0.375. The van der Waals surface area contributed by atoms with Crippen LogP contribution in [0.4, 0.5) is 0 Å². The van der Waals surface area contributed by atoms with Gasteiger partial charge in [0, 0.05) is 24.2 Å². The highest BCUT2D eigenvalue weighted by molar-refractivity contribution is 7.99. The molecule has 4 nitrogen and oxygen atoms in total. The molecular weight excluding hydrogens is 256 g/mol. The van der Waals surface area contributed by atoms with E-state index in [0.717, 1.165) is 16.5 Å². The zero-order chi connectivity index (χ0) is 13.3. The standard InChI is InChI=1S/C14H18N4S/c1-10-6-16-13(17-7-10)19-9-14(8-15,11-2-3-11)18-12-4-5-12/h6-7,11-12,18H,2-5,9H2,1H3. The molecule has 5 heteroatoms. The van der Waals surface area contributed by atoms with Crippen LogP contribution in [0.1, 0.15) is 31.2 Å². The largest absolute Gasteiger partial charge is 0.296 e. The normalized spacial score (nSPS) is 21.7. The molecule has 1 atom stereocenters. The molecule has 0 radical (unpaired) electrons. The van der Waals surface area contributed by atoms with E-state index in [0.29, 0.717) is 12.0 Å². The maximum absolute atomic E-state index is 9.62. The summed E-state index contributed by atoms with van der Waals surface area (Å²) in [5.74, 6) is 1.25. The van der Waals surface area contributed by atoms with Crippen molar-refractivity contribution in [2.75, 3.05) is 5.75 Å². The van der Waals surface area contributed by atoms with Crippen molar-refractivity contribution in [3.8, 4) is 6.07 Å². The molecule has 0 bridgehead atoms. The quantitative estimate of drug-likeness (QED) is 0.637. The van der Waals surface area contributed by atoms with Crippen LogP contribution in [0.15, 0.2) is 17.6 Å². The van der Waals surface area contributed by atoms with Crippen LogP contribution in [0.25, 0.3) is 0 Å². The number of rotatable bonds is 6. The molecule has 2 aliphatic carbocycles. The van der Waals surface area contributed by atoms with Gasteiger partial charge in [0.05, 0.1) is 6.07 Å². The maximum atomic E-state index is 9.62. The summed E-state index contributed by atoms with van der Waals surface area (Å²) in [4.78, 5) is 8.61. The molecule has 2 aliphatic rings. The van der Waals surface area contributed by atoms with E-state index in [1.54, 1.807) is 11.8 Å². The van der Waals surface area contributed by atoms with Crippen molar-refractivity contribution >= 4 is 11.8 Å². The highest BCUT2D eigenvalue weighted by Crippen LogP contribution is 2.43. The fourth-order valence-corrected chi connectivity index (χ4v) is 3.23. The molecule has 100 valence electrons. The molecule has 1 aromatic heterocycles. The summed E-state index contributed by atoms with van der Waals surface area (Å²) in [6.07, 6.45) is 8.42. The number of aryl methyl sites for hydroxylation is 1. The van der Waals surface area contributed by atoms with Gasteiger partial charge in [-0.15, -0.1) is 0 Å². The SMILES string of the molecule is Cc1cnc(SCC(C#N)(NC2CC2)C2CC2)nc1. The van der Waals surface area contributed by atoms with Crippen molar-refractivity contribution in [2.24, 2.45) is 5.92 Å². The van der Waals surface area contributed by atoms with Crippen LogP contribution in [0.5, 0.6) is 0 Å². The Morgan fingerprint density at radius 1 is 1.37 bits per heavy atom. The Balaban J connectivity index is 1.67. The minimum Gasteiger partial charge on any atom is -0.296 e. The Morgan fingerprint density at radius 3 is 2.58 bits per heavy atom. The van der Waals surface area contributed by atoms with Crippen molar-refractivity contribution in [1.29, 1.82) is 5.26 Å². The van der Waals surface area contributed by atoms with Gasteiger partial charge in [-0.05, 0) is 44.1 Å². The molecule has 2 fully saturated rings. The molecule has 1 unspecified atom stereocenters. The summed E-state index contributed by atoms with van der Waals surface area (Å²) in [7, 11) is 0. The van der Waals surface area contributed by atoms with E-state index in [2.05, 4.69) is 21.4 Å². The van der Waals surface area contributed by atoms with Gasteiger partial charge in [-0.2, -0.15) is 5.26 Å². The third-order valence-corrected chi connectivity index (χ3v) is 4.77. The monoisotopic (exact) mass is 274 g/mol. The summed E-state index contributed by atoms with van der Waals surface area (Å²) >= 11 is 1.59. The summed E-state index contributed by atoms with van der Waals surface area (Å²) in [6, 6.07) is 3.10. The number of thioether (sulfide) groups is 1. The Hall–Kier alpha value is -1.12. The summed E-state index contributed by atoms with van der Waals surface area (Å²) in [6.45, 7) is 1.98. The molecule has 0 amide bonds. The lowest BCUT2D eigenvalue weighted by Gasteiger charge is -2.27. The fraction of sp³-hybridized carbons (Fsp3) is 0.643. The van der Waals surface area contributed by atoms with Crippen LogP contribution in [-0.4, -0.2) is 27.3 Å². The Bertz CT molecular complexity index is 487. The number of nitrogens with one attached hydrogen (secondary N) is 1. The molecule has 3 rings (SSSR count). The third-order valence-electron chi connectivity index (χ3n) is 3.70. The molecule has 1 aromatic rings. The van der Waals surface area contributed by atoms with Crippen molar-refractivity contribution in [2.45, 2.75) is 49.3 Å². The van der Waals surface area contributed by atoms with Crippen molar-refractivity contribution < 1.29 is 0 Å². The van der Waals surface area contributed by atoms with Gasteiger partial charge in [-0.1, -0.05) is 11.8 Å². The van der Waals surface area contributed by atoms with Gasteiger partial charge in [0.15, 0.2) is 5.16 Å². The van der Waals surface area contributed by atoms with E-state index in [9.17, 15) is 5.26 Å². The second-order valence-electron chi connectivity index (χ2n) is 5.61. The molecular formula is C14H18N4S. The van der Waals surface area contributed by atoms with Crippen LogP contribution in [0, 0.1) is 24.2 Å². The lowest BCUT2D eigenvalue weighted by Crippen LogP contribution is -2.49. The number of hydrogen-bond donors (Lipinski definition) is 1. The van der Waals surface area contributed by atoms with Crippen molar-refractivity contribution in [3.05, 3.63) is 18.0 Å². The van der Waals surface area contributed by atoms with E-state index in [1.807, 2.05) is 19.3 Å². The fourth-order valence-electron chi connectivity index (χ4n) is 2.23. The van der Waals surface area contributed by atoms with Gasteiger partial charge in [-0.3, -0.25) is 5.32 Å². The lowest BCUT2D eigenvalue weighted by atomic mass is 9.97. The van der Waals surface area contributed by atoms with Gasteiger partial charge in [0.25, 0.3) is 0 Å². The van der Waals surface area contributed by atoms with Gasteiger partial charge in [-0.25, -0.2) is 9.97 Å². The van der Waals surface area contributed by atoms with E-state index in [-0.39, 0.29) is 5.54 Å². The summed E-state index contributed by atoms with van der Waals surface area (Å²) < 4.78 is 0. The third kappa shape index (κ3) is 3.07. The topological polar surface area (TPSA) is 61.6 Å². The molecule has 0 spiro atoms. The second kappa shape index (κ2) is 5.10. The smallest absolute Gasteiger partial charge is 0.187 e. The molecule has 2 saturated carbocycles. The first-order valence-corrected chi connectivity index (χ1v) is 7.81. The van der Waals surface area contributed by atoms with Crippen LogP contribution in [0.3, 0.4) is 0 Å². The molecule has 0 aliphatic heterocycles. The average molecular weight is 274 g/mol. The van der Waals surface area contributed by atoms with Gasteiger partial charge in [0.2, 0.25) is 0 Å². The molecule has 1 N–H and O–H groups in total. The van der Waals surface area contributed by atoms with E-state index >= 15 is 0 Å². The zero-order valence-electron chi connectivity index (χ0n) is 11.1. The predicted molar refractivity (Wildman–Crippen MR) is 74.7 cm³/mol. The van der Waals surface area contributed by atoms with Crippen LogP contribution < -0.4 is 5.32 Å². The van der Waals surface area contributed by atoms with E-state index < -0.39 is 0 Å². The Kier molecular flexibility index (Phi) is 3.46. The lowest BCUT2D eigenvalue weighted by molar-refractivity contribution is 0.401. The van der Waals surface area contributed by atoms with Crippen LogP contribution in [0.2, 0.25) is 0 Å². The first-order chi connectivity index (χ1) is 9.22. The van der Waals surface area contributed by atoms with Crippen LogP contribution >= 0.6 is 11.8 Å². The highest BCUT2D eigenvalue weighted by atomic mass is 32.2. The summed E-state index contributed by atoms with van der Waals surface area (Å²) in [5, 5.41) is 13.9. The van der Waals surface area contributed by atoms with Gasteiger partial charge < -0.3 is 0 Å². The number of hydrogen-bond acceptors (Lipinski definition) is 5. The summed E-state index contributed by atoms with van der Waals surface area (Å²) in [5.41, 5.74) is 0.689. The Labute approximate surface area is 118 Å². The Morgan fingerprint density at radius 2 is 2.05 bits per heavy atom. The predicted octanol–water partition coefficient (Wildman–Crippen LogP) is 2.30. The first kappa shape index (κ1) is 12.9. The number of aromatic nitrogens is 2. The molecule has 19 heavy (non-hydrogen) atoms. The van der Waals surface area contributed by atoms with Crippen molar-refractivity contribution in [3.63, 3.8) is 0 Å².